The molecule has 0 spiro atoms. The van der Waals surface area contributed by atoms with Crippen molar-refractivity contribution in [2.75, 3.05) is 5.32 Å². The molecule has 0 bridgehead atoms. The van der Waals surface area contributed by atoms with Gasteiger partial charge in [0.05, 0.1) is 0 Å². The molecule has 0 unspecified atom stereocenters. The fraction of sp³-hybridized carbons (Fsp3) is 0.143. The van der Waals surface area contributed by atoms with Crippen LogP contribution in [0.2, 0.25) is 0 Å². The summed E-state index contributed by atoms with van der Waals surface area (Å²) in [5.74, 6) is -1.36. The topological polar surface area (TPSA) is 75.6 Å². The fourth-order valence-electron chi connectivity index (χ4n) is 2.66. The molecule has 132 valence electrons. The highest BCUT2D eigenvalue weighted by atomic mass is 16.5. The number of hydrogen-bond donors (Lipinski definition) is 2. The maximum absolute atomic E-state index is 12.4. The molecule has 3 rings (SSSR count). The van der Waals surface area contributed by atoms with E-state index in [0.29, 0.717) is 5.69 Å². The Balaban J connectivity index is 1.73. The standard InChI is InChI=1S/C21H19NO4/c1-13-10-11-19(23)17(12-13)21(25)26-14(2)20(24)22-18-9-5-7-15-6-3-4-8-16(15)18/h3-12,14,23H,1-2H3,(H,22,24)/t14-/m0/s1. The molecule has 3 aromatic carbocycles. The van der Waals surface area contributed by atoms with Crippen molar-refractivity contribution in [1.82, 2.24) is 0 Å². The Morgan fingerprint density at radius 2 is 1.77 bits per heavy atom. The fourth-order valence-corrected chi connectivity index (χ4v) is 2.66. The highest BCUT2D eigenvalue weighted by Gasteiger charge is 2.21. The number of phenols is 1. The van der Waals surface area contributed by atoms with Crippen molar-refractivity contribution in [3.63, 3.8) is 0 Å². The van der Waals surface area contributed by atoms with E-state index in [1.54, 1.807) is 19.1 Å². The lowest BCUT2D eigenvalue weighted by molar-refractivity contribution is -0.123. The van der Waals surface area contributed by atoms with Gasteiger partial charge in [-0.15, -0.1) is 0 Å². The molecular weight excluding hydrogens is 330 g/mol. The quantitative estimate of drug-likeness (QED) is 0.697. The Kier molecular flexibility index (Phi) is 4.89. The normalized spacial score (nSPS) is 11.8. The van der Waals surface area contributed by atoms with Crippen LogP contribution in [0.5, 0.6) is 5.75 Å². The molecule has 1 amide bonds. The lowest BCUT2D eigenvalue weighted by Gasteiger charge is -2.15. The molecule has 3 aromatic rings. The first kappa shape index (κ1) is 17.5. The van der Waals surface area contributed by atoms with Gasteiger partial charge in [0.15, 0.2) is 6.10 Å². The van der Waals surface area contributed by atoms with Gasteiger partial charge in [0, 0.05) is 11.1 Å². The third kappa shape index (κ3) is 3.67. The summed E-state index contributed by atoms with van der Waals surface area (Å²) in [7, 11) is 0. The summed E-state index contributed by atoms with van der Waals surface area (Å²) in [4.78, 5) is 24.7. The van der Waals surface area contributed by atoms with E-state index in [0.717, 1.165) is 16.3 Å². The summed E-state index contributed by atoms with van der Waals surface area (Å²) in [6, 6.07) is 17.9. The van der Waals surface area contributed by atoms with Crippen molar-refractivity contribution >= 4 is 28.3 Å². The maximum Gasteiger partial charge on any atom is 0.342 e. The lowest BCUT2D eigenvalue weighted by Crippen LogP contribution is -2.30. The first-order valence-electron chi connectivity index (χ1n) is 8.25. The zero-order chi connectivity index (χ0) is 18.7. The van der Waals surface area contributed by atoms with Crippen molar-refractivity contribution in [3.8, 4) is 5.75 Å². The Labute approximate surface area is 151 Å². The number of benzene rings is 3. The highest BCUT2D eigenvalue weighted by Crippen LogP contribution is 2.24. The number of carbonyl (C=O) groups excluding carboxylic acids is 2. The Bertz CT molecular complexity index is 975. The van der Waals surface area contributed by atoms with E-state index in [1.165, 1.54) is 19.1 Å². The molecule has 26 heavy (non-hydrogen) atoms. The second-order valence-electron chi connectivity index (χ2n) is 6.08. The molecule has 0 aliphatic carbocycles. The van der Waals surface area contributed by atoms with Crippen LogP contribution in [0.25, 0.3) is 10.8 Å². The van der Waals surface area contributed by atoms with Crippen molar-refractivity contribution in [2.24, 2.45) is 0 Å². The van der Waals surface area contributed by atoms with E-state index >= 15 is 0 Å². The SMILES string of the molecule is Cc1ccc(O)c(C(=O)O[C@@H](C)C(=O)Nc2cccc3ccccc23)c1. The molecule has 0 saturated carbocycles. The second kappa shape index (κ2) is 7.27. The zero-order valence-electron chi connectivity index (χ0n) is 14.5. The molecule has 5 nitrogen and oxygen atoms in total. The number of esters is 1. The predicted octanol–water partition coefficient (Wildman–Crippen LogP) is 4.04. The number of phenolic OH excluding ortho intramolecular Hbond substituents is 1. The van der Waals surface area contributed by atoms with Crippen LogP contribution >= 0.6 is 0 Å². The number of aryl methyl sites for hydroxylation is 1. The van der Waals surface area contributed by atoms with Crippen molar-refractivity contribution in [3.05, 3.63) is 71.8 Å². The summed E-state index contributed by atoms with van der Waals surface area (Å²) in [6.07, 6.45) is -1.01. The molecule has 0 aliphatic rings. The Morgan fingerprint density at radius 1 is 1.04 bits per heavy atom. The highest BCUT2D eigenvalue weighted by molar-refractivity contribution is 6.04. The number of ether oxygens (including phenoxy) is 1. The molecular formula is C21H19NO4. The van der Waals surface area contributed by atoms with Crippen LogP contribution in [0.4, 0.5) is 5.69 Å². The van der Waals surface area contributed by atoms with E-state index in [4.69, 9.17) is 4.74 Å². The molecule has 0 radical (unpaired) electrons. The third-order valence-corrected chi connectivity index (χ3v) is 4.07. The predicted molar refractivity (Wildman–Crippen MR) is 100 cm³/mol. The van der Waals surface area contributed by atoms with Crippen LogP contribution in [-0.4, -0.2) is 23.1 Å². The number of aromatic hydroxyl groups is 1. The molecule has 5 heteroatoms. The number of hydrogen-bond acceptors (Lipinski definition) is 4. The van der Waals surface area contributed by atoms with Crippen molar-refractivity contribution in [1.29, 1.82) is 0 Å². The van der Waals surface area contributed by atoms with Gasteiger partial charge < -0.3 is 15.2 Å². The van der Waals surface area contributed by atoms with Gasteiger partial charge >= 0.3 is 5.97 Å². The van der Waals surface area contributed by atoms with Crippen LogP contribution in [0.1, 0.15) is 22.8 Å². The van der Waals surface area contributed by atoms with E-state index in [1.807, 2.05) is 36.4 Å². The van der Waals surface area contributed by atoms with Crippen LogP contribution in [0, 0.1) is 6.92 Å². The Hall–Kier alpha value is -3.34. The maximum atomic E-state index is 12.4. The van der Waals surface area contributed by atoms with Gasteiger partial charge in [0.25, 0.3) is 5.91 Å². The number of rotatable bonds is 4. The molecule has 0 heterocycles. The number of anilines is 1. The molecule has 0 aliphatic heterocycles. The number of amides is 1. The molecule has 1 atom stereocenters. The summed E-state index contributed by atoms with van der Waals surface area (Å²) in [6.45, 7) is 3.29. The Morgan fingerprint density at radius 3 is 2.58 bits per heavy atom. The van der Waals surface area contributed by atoms with Crippen LogP contribution < -0.4 is 5.32 Å². The van der Waals surface area contributed by atoms with Gasteiger partial charge in [-0.2, -0.15) is 0 Å². The molecule has 0 fully saturated rings. The summed E-state index contributed by atoms with van der Waals surface area (Å²) < 4.78 is 5.21. The molecule has 0 aromatic heterocycles. The van der Waals surface area contributed by atoms with Crippen LogP contribution in [-0.2, 0) is 9.53 Å². The van der Waals surface area contributed by atoms with Crippen LogP contribution in [0.3, 0.4) is 0 Å². The van der Waals surface area contributed by atoms with Gasteiger partial charge in [-0.3, -0.25) is 4.79 Å². The third-order valence-electron chi connectivity index (χ3n) is 4.07. The second-order valence-corrected chi connectivity index (χ2v) is 6.08. The van der Waals surface area contributed by atoms with Gasteiger partial charge in [0.2, 0.25) is 0 Å². The number of nitrogens with one attached hydrogen (secondary N) is 1. The minimum Gasteiger partial charge on any atom is -0.507 e. The molecule has 0 saturated heterocycles. The average Bonchev–Trinajstić information content (AvgIpc) is 2.63. The largest absolute Gasteiger partial charge is 0.507 e. The van der Waals surface area contributed by atoms with E-state index in [2.05, 4.69) is 5.32 Å². The van der Waals surface area contributed by atoms with Crippen molar-refractivity contribution < 1.29 is 19.4 Å². The van der Waals surface area contributed by atoms with E-state index in [-0.39, 0.29) is 11.3 Å². The zero-order valence-corrected chi connectivity index (χ0v) is 14.5. The minimum absolute atomic E-state index is 0.0369. The smallest absolute Gasteiger partial charge is 0.342 e. The number of fused-ring (bicyclic) bond motifs is 1. The summed E-state index contributed by atoms with van der Waals surface area (Å²) in [5.41, 5.74) is 1.49. The lowest BCUT2D eigenvalue weighted by atomic mass is 10.1. The number of carbonyl (C=O) groups is 2. The first-order valence-corrected chi connectivity index (χ1v) is 8.25. The summed E-state index contributed by atoms with van der Waals surface area (Å²) in [5, 5.41) is 14.5. The van der Waals surface area contributed by atoms with E-state index in [9.17, 15) is 14.7 Å². The van der Waals surface area contributed by atoms with E-state index < -0.39 is 18.0 Å². The summed E-state index contributed by atoms with van der Waals surface area (Å²) >= 11 is 0. The van der Waals surface area contributed by atoms with Gasteiger partial charge in [-0.05, 0) is 37.4 Å². The average molecular weight is 349 g/mol. The molecule has 2 N–H and O–H groups in total. The van der Waals surface area contributed by atoms with Gasteiger partial charge in [-0.25, -0.2) is 4.79 Å². The van der Waals surface area contributed by atoms with Gasteiger partial charge in [0.1, 0.15) is 11.3 Å². The monoisotopic (exact) mass is 349 g/mol. The van der Waals surface area contributed by atoms with Crippen molar-refractivity contribution in [2.45, 2.75) is 20.0 Å². The first-order chi connectivity index (χ1) is 12.5. The van der Waals surface area contributed by atoms with Crippen LogP contribution in [0.15, 0.2) is 60.7 Å². The minimum atomic E-state index is -1.01. The van der Waals surface area contributed by atoms with Gasteiger partial charge in [-0.1, -0.05) is 48.0 Å².